The normalized spacial score (nSPS) is 17.8. The third kappa shape index (κ3) is 5.09. The number of aliphatic hydroxyl groups is 1. The van der Waals surface area contributed by atoms with E-state index >= 15 is 0 Å². The molecule has 26 heavy (non-hydrogen) atoms. The number of carbonyl (C=O) groups excluding carboxylic acids is 3. The summed E-state index contributed by atoms with van der Waals surface area (Å²) in [6.45, 7) is -0.709. The van der Waals surface area contributed by atoms with Crippen LogP contribution in [0.25, 0.3) is 0 Å². The van der Waals surface area contributed by atoms with Gasteiger partial charge in [-0.3, -0.25) is 9.59 Å². The maximum atomic E-state index is 12.5. The van der Waals surface area contributed by atoms with Gasteiger partial charge in [-0.05, 0) is 17.7 Å². The van der Waals surface area contributed by atoms with Crippen molar-refractivity contribution in [3.63, 3.8) is 0 Å². The Hall–Kier alpha value is -2.82. The summed E-state index contributed by atoms with van der Waals surface area (Å²) in [4.78, 5) is 34.9. The molecule has 0 bridgehead atoms. The Bertz CT molecular complexity index is 678. The first-order chi connectivity index (χ1) is 12.2. The minimum atomic E-state index is -4.45. The monoisotopic (exact) mass is 374 g/mol. The highest BCUT2D eigenvalue weighted by molar-refractivity contribution is 5.93. The number of hydrogen-bond acceptors (Lipinski definition) is 4. The van der Waals surface area contributed by atoms with E-state index in [0.717, 1.165) is 12.1 Å². The lowest BCUT2D eigenvalue weighted by atomic mass is 10.1. The van der Waals surface area contributed by atoms with Gasteiger partial charge in [-0.25, -0.2) is 4.79 Å². The molecule has 8 nitrogen and oxygen atoms in total. The van der Waals surface area contributed by atoms with Crippen molar-refractivity contribution in [3.8, 4) is 0 Å². The lowest BCUT2D eigenvalue weighted by molar-refractivity contribution is -0.137. The van der Waals surface area contributed by atoms with Crippen molar-refractivity contribution < 1.29 is 32.7 Å². The summed E-state index contributed by atoms with van der Waals surface area (Å²) < 4.78 is 37.5. The van der Waals surface area contributed by atoms with Crippen LogP contribution in [-0.2, 0) is 22.3 Å². The summed E-state index contributed by atoms with van der Waals surface area (Å²) in [5.74, 6) is -1.36. The Balaban J connectivity index is 1.86. The number of nitrogens with one attached hydrogen (secondary N) is 4. The first kappa shape index (κ1) is 19.5. The van der Waals surface area contributed by atoms with Gasteiger partial charge in [0.25, 0.3) is 0 Å². The van der Waals surface area contributed by atoms with E-state index in [2.05, 4.69) is 21.3 Å². The van der Waals surface area contributed by atoms with E-state index in [4.69, 9.17) is 0 Å². The molecule has 1 fully saturated rings. The van der Waals surface area contributed by atoms with Gasteiger partial charge in [-0.15, -0.1) is 0 Å². The van der Waals surface area contributed by atoms with Crippen LogP contribution in [-0.4, -0.2) is 48.2 Å². The van der Waals surface area contributed by atoms with E-state index in [1.54, 1.807) is 0 Å². The molecule has 142 valence electrons. The van der Waals surface area contributed by atoms with Crippen LogP contribution in [0.4, 0.5) is 18.0 Å². The van der Waals surface area contributed by atoms with E-state index < -0.39 is 48.3 Å². The highest BCUT2D eigenvalue weighted by atomic mass is 19.4. The van der Waals surface area contributed by atoms with Gasteiger partial charge in [0.15, 0.2) is 0 Å². The summed E-state index contributed by atoms with van der Waals surface area (Å²) in [5.41, 5.74) is -0.387. The molecule has 0 aromatic heterocycles. The molecule has 1 aliphatic heterocycles. The van der Waals surface area contributed by atoms with Gasteiger partial charge in [-0.2, -0.15) is 13.2 Å². The third-order valence-corrected chi connectivity index (χ3v) is 3.65. The van der Waals surface area contributed by atoms with E-state index in [0.29, 0.717) is 5.56 Å². The fourth-order valence-electron chi connectivity index (χ4n) is 2.20. The number of rotatable bonds is 6. The number of benzene rings is 1. The fraction of sp³-hybridized carbons (Fsp3) is 0.400. The molecule has 1 heterocycles. The van der Waals surface area contributed by atoms with Crippen LogP contribution >= 0.6 is 0 Å². The van der Waals surface area contributed by atoms with Crippen molar-refractivity contribution in [2.75, 3.05) is 13.2 Å². The van der Waals surface area contributed by atoms with Crippen molar-refractivity contribution in [1.82, 2.24) is 21.3 Å². The number of urea groups is 1. The highest BCUT2D eigenvalue weighted by Gasteiger charge is 2.31. The topological polar surface area (TPSA) is 120 Å². The van der Waals surface area contributed by atoms with Crippen molar-refractivity contribution in [3.05, 3.63) is 35.4 Å². The van der Waals surface area contributed by atoms with E-state index in [1.165, 1.54) is 12.1 Å². The lowest BCUT2D eigenvalue weighted by Crippen LogP contribution is -2.53. The van der Waals surface area contributed by atoms with Crippen molar-refractivity contribution in [2.45, 2.75) is 24.8 Å². The van der Waals surface area contributed by atoms with Gasteiger partial charge in [0.1, 0.15) is 12.1 Å². The van der Waals surface area contributed by atoms with E-state index in [-0.39, 0.29) is 13.1 Å². The Labute approximate surface area is 146 Å². The summed E-state index contributed by atoms with van der Waals surface area (Å²) >= 11 is 0. The molecule has 11 heteroatoms. The molecule has 0 saturated carbocycles. The molecule has 5 N–H and O–H groups in total. The van der Waals surface area contributed by atoms with Crippen molar-refractivity contribution >= 4 is 17.8 Å². The summed E-state index contributed by atoms with van der Waals surface area (Å²) in [6, 6.07) is 1.58. The number of alkyl halides is 3. The lowest BCUT2D eigenvalue weighted by Gasteiger charge is -2.18. The van der Waals surface area contributed by atoms with Gasteiger partial charge in [0.2, 0.25) is 11.8 Å². The number of hydrogen-bond donors (Lipinski definition) is 5. The fourth-order valence-corrected chi connectivity index (χ4v) is 2.20. The highest BCUT2D eigenvalue weighted by Crippen LogP contribution is 2.29. The zero-order valence-corrected chi connectivity index (χ0v) is 13.4. The number of halogens is 3. The molecular weight excluding hydrogens is 357 g/mol. The van der Waals surface area contributed by atoms with E-state index in [9.17, 15) is 32.7 Å². The Morgan fingerprint density at radius 3 is 2.42 bits per heavy atom. The predicted octanol–water partition coefficient (Wildman–Crippen LogP) is -0.520. The predicted molar refractivity (Wildman–Crippen MR) is 82.6 cm³/mol. The van der Waals surface area contributed by atoms with Gasteiger partial charge >= 0.3 is 12.2 Å². The molecule has 2 rings (SSSR count). The SMILES string of the molecule is O=C1NCC(C(=O)N[C@@H](CO)C(=O)NCc2ccc(C(F)(F)F)cc2)N1. The van der Waals surface area contributed by atoms with Gasteiger partial charge in [-0.1, -0.05) is 12.1 Å². The summed E-state index contributed by atoms with van der Waals surface area (Å²) in [5, 5.41) is 18.7. The first-order valence-electron chi connectivity index (χ1n) is 7.60. The number of aliphatic hydroxyl groups excluding tert-OH is 1. The molecule has 1 aliphatic rings. The molecule has 4 amide bonds. The quantitative estimate of drug-likeness (QED) is 0.460. The Kier molecular flexibility index (Phi) is 6.03. The average Bonchev–Trinajstić information content (AvgIpc) is 3.03. The van der Waals surface area contributed by atoms with Crippen LogP contribution in [0.5, 0.6) is 0 Å². The molecule has 2 atom stereocenters. The largest absolute Gasteiger partial charge is 0.416 e. The van der Waals surface area contributed by atoms with Crippen LogP contribution in [0.2, 0.25) is 0 Å². The molecule has 1 aromatic carbocycles. The molecule has 0 aliphatic carbocycles. The third-order valence-electron chi connectivity index (χ3n) is 3.65. The van der Waals surface area contributed by atoms with Crippen molar-refractivity contribution in [1.29, 1.82) is 0 Å². The smallest absolute Gasteiger partial charge is 0.394 e. The van der Waals surface area contributed by atoms with Crippen LogP contribution in [0.3, 0.4) is 0 Å². The number of carbonyl (C=O) groups is 3. The van der Waals surface area contributed by atoms with Crippen LogP contribution < -0.4 is 21.3 Å². The molecule has 1 aromatic rings. The summed E-state index contributed by atoms with van der Waals surface area (Å²) in [6.07, 6.45) is -4.45. The average molecular weight is 374 g/mol. The second kappa shape index (κ2) is 8.04. The van der Waals surface area contributed by atoms with E-state index in [1.807, 2.05) is 0 Å². The minimum absolute atomic E-state index is 0.0516. The zero-order chi connectivity index (χ0) is 19.3. The van der Waals surface area contributed by atoms with Crippen molar-refractivity contribution in [2.24, 2.45) is 0 Å². The maximum Gasteiger partial charge on any atom is 0.416 e. The first-order valence-corrected chi connectivity index (χ1v) is 7.60. The molecule has 0 radical (unpaired) electrons. The van der Waals surface area contributed by atoms with Gasteiger partial charge < -0.3 is 26.4 Å². The molecule has 1 saturated heterocycles. The van der Waals surface area contributed by atoms with Gasteiger partial charge in [0.05, 0.1) is 12.2 Å². The number of amides is 4. The van der Waals surface area contributed by atoms with Crippen LogP contribution in [0, 0.1) is 0 Å². The molecule has 1 unspecified atom stereocenters. The van der Waals surface area contributed by atoms with Crippen LogP contribution in [0.1, 0.15) is 11.1 Å². The molecular formula is C15H17F3N4O4. The summed E-state index contributed by atoms with van der Waals surface area (Å²) in [7, 11) is 0. The van der Waals surface area contributed by atoms with Gasteiger partial charge in [0, 0.05) is 13.1 Å². The Morgan fingerprint density at radius 1 is 1.27 bits per heavy atom. The van der Waals surface area contributed by atoms with Crippen LogP contribution in [0.15, 0.2) is 24.3 Å². The Morgan fingerprint density at radius 2 is 1.92 bits per heavy atom. The second-order valence-corrected chi connectivity index (χ2v) is 5.56. The maximum absolute atomic E-state index is 12.5. The minimum Gasteiger partial charge on any atom is -0.394 e. The molecule has 0 spiro atoms. The zero-order valence-electron chi connectivity index (χ0n) is 13.4. The second-order valence-electron chi connectivity index (χ2n) is 5.56. The standard InChI is InChI=1S/C15H17F3N4O4/c16-15(17,18)9-3-1-8(2-4-9)5-19-12(24)11(7-23)21-13(25)10-6-20-14(26)22-10/h1-4,10-11,23H,5-7H2,(H,19,24)(H,21,25)(H2,20,22,26)/t10?,11-/m0/s1.